The highest BCUT2D eigenvalue weighted by molar-refractivity contribution is 5.63. The van der Waals surface area contributed by atoms with Gasteiger partial charge in [0.15, 0.2) is 0 Å². The van der Waals surface area contributed by atoms with Gasteiger partial charge in [-0.1, -0.05) is 18.2 Å². The van der Waals surface area contributed by atoms with Crippen LogP contribution in [-0.2, 0) is 12.7 Å². The van der Waals surface area contributed by atoms with Crippen LogP contribution in [0.1, 0.15) is 11.1 Å². The number of alkyl halides is 3. The van der Waals surface area contributed by atoms with Gasteiger partial charge in [0.25, 0.3) is 5.69 Å². The number of halogens is 4. The third-order valence-corrected chi connectivity index (χ3v) is 2.95. The fourth-order valence-electron chi connectivity index (χ4n) is 1.84. The molecule has 0 spiro atoms. The first-order valence-corrected chi connectivity index (χ1v) is 6.12. The summed E-state index contributed by atoms with van der Waals surface area (Å²) in [6, 6.07) is 7.90. The summed E-state index contributed by atoms with van der Waals surface area (Å²) in [4.78, 5) is 9.99. The lowest BCUT2D eigenvalue weighted by Gasteiger charge is -2.11. The van der Waals surface area contributed by atoms with Gasteiger partial charge in [0, 0.05) is 18.2 Å². The smallest absolute Gasteiger partial charge is 0.375 e. The van der Waals surface area contributed by atoms with Crippen molar-refractivity contribution in [3.63, 3.8) is 0 Å². The minimum atomic E-state index is -4.67. The summed E-state index contributed by atoms with van der Waals surface area (Å²) < 4.78 is 51.2. The number of hydrogen-bond acceptors (Lipinski definition) is 3. The molecule has 0 aromatic heterocycles. The van der Waals surface area contributed by atoms with E-state index in [0.29, 0.717) is 6.07 Å². The van der Waals surface area contributed by atoms with Crippen molar-refractivity contribution in [3.8, 4) is 0 Å². The van der Waals surface area contributed by atoms with Crippen LogP contribution in [0.3, 0.4) is 0 Å². The number of nitro benzene ring substituents is 1. The molecule has 0 heterocycles. The zero-order valence-electron chi connectivity index (χ0n) is 11.0. The molecule has 2 rings (SSSR count). The SMILES string of the molecule is O=[N+]([O-])c1cc(C(F)(F)F)ccc1NCc1ccccc1F. The standard InChI is InChI=1S/C14H10F4N2O2/c15-11-4-2-1-3-9(11)8-19-12-6-5-10(14(16,17)18)7-13(12)20(21)22/h1-7,19H,8H2. The fraction of sp³-hybridized carbons (Fsp3) is 0.143. The van der Waals surface area contributed by atoms with Crippen molar-refractivity contribution in [1.29, 1.82) is 0 Å². The van der Waals surface area contributed by atoms with E-state index in [1.165, 1.54) is 18.2 Å². The van der Waals surface area contributed by atoms with Crippen LogP contribution in [-0.4, -0.2) is 4.92 Å². The molecule has 4 nitrogen and oxygen atoms in total. The van der Waals surface area contributed by atoms with E-state index in [9.17, 15) is 27.7 Å². The number of benzene rings is 2. The minimum absolute atomic E-state index is 0.0844. The van der Waals surface area contributed by atoms with E-state index in [4.69, 9.17) is 0 Å². The van der Waals surface area contributed by atoms with Crippen molar-refractivity contribution in [1.82, 2.24) is 0 Å². The maximum atomic E-state index is 13.4. The van der Waals surface area contributed by atoms with Crippen LogP contribution in [0.5, 0.6) is 0 Å². The Labute approximate surface area is 122 Å². The highest BCUT2D eigenvalue weighted by Gasteiger charge is 2.33. The van der Waals surface area contributed by atoms with Gasteiger partial charge in [-0.15, -0.1) is 0 Å². The summed E-state index contributed by atoms with van der Waals surface area (Å²) in [5.74, 6) is -0.510. The molecule has 0 saturated heterocycles. The molecular formula is C14H10F4N2O2. The fourth-order valence-corrected chi connectivity index (χ4v) is 1.84. The first kappa shape index (κ1) is 15.7. The average molecular weight is 314 g/mol. The van der Waals surface area contributed by atoms with Crippen molar-refractivity contribution in [2.75, 3.05) is 5.32 Å². The Bertz CT molecular complexity index is 701. The second-order valence-electron chi connectivity index (χ2n) is 4.43. The summed E-state index contributed by atoms with van der Waals surface area (Å²) in [6.45, 7) is -0.0844. The van der Waals surface area contributed by atoms with Gasteiger partial charge in [0.2, 0.25) is 0 Å². The molecule has 22 heavy (non-hydrogen) atoms. The number of nitrogens with zero attached hydrogens (tertiary/aromatic N) is 1. The minimum Gasteiger partial charge on any atom is -0.375 e. The highest BCUT2D eigenvalue weighted by atomic mass is 19.4. The molecule has 0 radical (unpaired) electrons. The summed E-state index contributed by atoms with van der Waals surface area (Å²) in [7, 11) is 0. The number of rotatable bonds is 4. The predicted molar refractivity (Wildman–Crippen MR) is 71.8 cm³/mol. The molecule has 0 saturated carbocycles. The van der Waals surface area contributed by atoms with E-state index in [-0.39, 0.29) is 17.8 Å². The maximum Gasteiger partial charge on any atom is 0.416 e. The Morgan fingerprint density at radius 1 is 1.14 bits per heavy atom. The van der Waals surface area contributed by atoms with E-state index in [1.807, 2.05) is 0 Å². The van der Waals surface area contributed by atoms with Gasteiger partial charge >= 0.3 is 6.18 Å². The van der Waals surface area contributed by atoms with Gasteiger partial charge in [0.05, 0.1) is 10.5 Å². The van der Waals surface area contributed by atoms with Crippen molar-refractivity contribution < 1.29 is 22.5 Å². The monoisotopic (exact) mass is 314 g/mol. The maximum absolute atomic E-state index is 13.4. The average Bonchev–Trinajstić information content (AvgIpc) is 2.45. The zero-order valence-corrected chi connectivity index (χ0v) is 11.0. The van der Waals surface area contributed by atoms with Crippen LogP contribution in [0, 0.1) is 15.9 Å². The van der Waals surface area contributed by atoms with Gasteiger partial charge in [0.1, 0.15) is 11.5 Å². The molecule has 0 aliphatic heterocycles. The molecule has 0 unspecified atom stereocenters. The Kier molecular flexibility index (Phi) is 4.30. The van der Waals surface area contributed by atoms with Crippen LogP contribution >= 0.6 is 0 Å². The van der Waals surface area contributed by atoms with E-state index in [2.05, 4.69) is 5.32 Å². The first-order chi connectivity index (χ1) is 10.3. The summed E-state index contributed by atoms with van der Waals surface area (Å²) in [5, 5.41) is 13.5. The van der Waals surface area contributed by atoms with Crippen LogP contribution in [0.2, 0.25) is 0 Å². The number of hydrogen-bond donors (Lipinski definition) is 1. The van der Waals surface area contributed by atoms with E-state index in [1.54, 1.807) is 6.07 Å². The van der Waals surface area contributed by atoms with Crippen molar-refractivity contribution >= 4 is 11.4 Å². The number of nitrogens with one attached hydrogen (secondary N) is 1. The normalized spacial score (nSPS) is 11.3. The largest absolute Gasteiger partial charge is 0.416 e. The van der Waals surface area contributed by atoms with E-state index in [0.717, 1.165) is 12.1 Å². The number of anilines is 1. The molecule has 8 heteroatoms. The van der Waals surface area contributed by atoms with E-state index >= 15 is 0 Å². The lowest BCUT2D eigenvalue weighted by molar-refractivity contribution is -0.384. The van der Waals surface area contributed by atoms with Crippen LogP contribution in [0.4, 0.5) is 28.9 Å². The zero-order chi connectivity index (χ0) is 16.3. The second-order valence-corrected chi connectivity index (χ2v) is 4.43. The second kappa shape index (κ2) is 6.00. The number of nitro groups is 1. The molecule has 0 atom stereocenters. The molecule has 0 aliphatic rings. The highest BCUT2D eigenvalue weighted by Crippen LogP contribution is 2.35. The molecule has 1 N–H and O–H groups in total. The third-order valence-electron chi connectivity index (χ3n) is 2.95. The molecule has 0 fully saturated rings. The first-order valence-electron chi connectivity index (χ1n) is 6.12. The Morgan fingerprint density at radius 3 is 2.41 bits per heavy atom. The Balaban J connectivity index is 2.27. The van der Waals surface area contributed by atoms with Crippen LogP contribution in [0.15, 0.2) is 42.5 Å². The van der Waals surface area contributed by atoms with Crippen molar-refractivity contribution in [2.45, 2.75) is 12.7 Å². The molecule has 2 aromatic rings. The molecule has 0 amide bonds. The topological polar surface area (TPSA) is 55.2 Å². The quantitative estimate of drug-likeness (QED) is 0.518. The van der Waals surface area contributed by atoms with Crippen molar-refractivity contribution in [2.24, 2.45) is 0 Å². The van der Waals surface area contributed by atoms with Crippen LogP contribution in [0.25, 0.3) is 0 Å². The Morgan fingerprint density at radius 2 is 1.82 bits per heavy atom. The summed E-state index contributed by atoms with van der Waals surface area (Å²) in [6.07, 6.45) is -4.67. The lowest BCUT2D eigenvalue weighted by Crippen LogP contribution is -2.08. The molecular weight excluding hydrogens is 304 g/mol. The predicted octanol–water partition coefficient (Wildman–Crippen LogP) is 4.36. The summed E-state index contributed by atoms with van der Waals surface area (Å²) >= 11 is 0. The van der Waals surface area contributed by atoms with Gasteiger partial charge < -0.3 is 5.32 Å². The molecule has 116 valence electrons. The summed E-state index contributed by atoms with van der Waals surface area (Å²) in [5.41, 5.74) is -1.69. The van der Waals surface area contributed by atoms with Gasteiger partial charge in [-0.2, -0.15) is 13.2 Å². The third kappa shape index (κ3) is 3.51. The molecule has 0 aliphatic carbocycles. The molecule has 2 aromatic carbocycles. The van der Waals surface area contributed by atoms with Crippen molar-refractivity contribution in [3.05, 3.63) is 69.5 Å². The van der Waals surface area contributed by atoms with Crippen LogP contribution < -0.4 is 5.32 Å². The molecule has 0 bridgehead atoms. The Hall–Kier alpha value is -2.64. The van der Waals surface area contributed by atoms with Gasteiger partial charge in [-0.25, -0.2) is 4.39 Å². The van der Waals surface area contributed by atoms with E-state index < -0.39 is 28.2 Å². The van der Waals surface area contributed by atoms with Gasteiger partial charge in [-0.3, -0.25) is 10.1 Å². The lowest BCUT2D eigenvalue weighted by atomic mass is 10.1. The van der Waals surface area contributed by atoms with Gasteiger partial charge in [-0.05, 0) is 18.2 Å².